The molecule has 2 aromatic carbocycles. The van der Waals surface area contributed by atoms with Gasteiger partial charge in [0.15, 0.2) is 4.80 Å². The SMILES string of the molecule is C=CCn1c(=NC(=O)CCCSCc2ccccc2)sc2c(Cl)ccc(Cl)c21. The number of hydrogen-bond donors (Lipinski definition) is 0. The first-order chi connectivity index (χ1) is 13.6. The lowest BCUT2D eigenvalue weighted by atomic mass is 10.2. The number of thioether (sulfide) groups is 1. The Labute approximate surface area is 182 Å². The summed E-state index contributed by atoms with van der Waals surface area (Å²) in [6, 6.07) is 13.8. The normalized spacial score (nSPS) is 11.9. The zero-order valence-electron chi connectivity index (χ0n) is 15.2. The number of nitrogens with zero attached hydrogens (tertiary/aromatic N) is 2. The van der Waals surface area contributed by atoms with Gasteiger partial charge in [-0.1, -0.05) is 70.9 Å². The van der Waals surface area contributed by atoms with Gasteiger partial charge in [0.05, 0.1) is 20.3 Å². The van der Waals surface area contributed by atoms with Gasteiger partial charge >= 0.3 is 0 Å². The summed E-state index contributed by atoms with van der Waals surface area (Å²) in [5.74, 6) is 1.75. The number of benzene rings is 2. The molecule has 146 valence electrons. The minimum atomic E-state index is -0.128. The molecule has 1 amide bonds. The van der Waals surface area contributed by atoms with Crippen LogP contribution in [0.15, 0.2) is 60.1 Å². The van der Waals surface area contributed by atoms with E-state index in [9.17, 15) is 4.79 Å². The predicted molar refractivity (Wildman–Crippen MR) is 122 cm³/mol. The summed E-state index contributed by atoms with van der Waals surface area (Å²) >= 11 is 15.9. The Balaban J connectivity index is 1.67. The van der Waals surface area contributed by atoms with Gasteiger partial charge in [-0.05, 0) is 29.9 Å². The minimum Gasteiger partial charge on any atom is -0.311 e. The molecule has 0 saturated heterocycles. The highest BCUT2D eigenvalue weighted by atomic mass is 35.5. The van der Waals surface area contributed by atoms with Gasteiger partial charge in [0, 0.05) is 18.7 Å². The van der Waals surface area contributed by atoms with Gasteiger partial charge in [0.1, 0.15) is 0 Å². The largest absolute Gasteiger partial charge is 0.311 e. The summed E-state index contributed by atoms with van der Waals surface area (Å²) in [5, 5.41) is 1.19. The van der Waals surface area contributed by atoms with Gasteiger partial charge in [0.2, 0.25) is 5.91 Å². The number of halogens is 2. The van der Waals surface area contributed by atoms with E-state index in [1.165, 1.54) is 16.9 Å². The maximum atomic E-state index is 12.4. The fraction of sp³-hybridized carbons (Fsp3) is 0.238. The van der Waals surface area contributed by atoms with E-state index in [0.29, 0.717) is 27.8 Å². The zero-order chi connectivity index (χ0) is 19.9. The predicted octanol–water partition coefficient (Wildman–Crippen LogP) is 6.34. The molecular weight excluding hydrogens is 431 g/mol. The molecule has 0 radical (unpaired) electrons. The van der Waals surface area contributed by atoms with Crippen molar-refractivity contribution in [2.75, 3.05) is 5.75 Å². The first-order valence-corrected chi connectivity index (χ1v) is 11.6. The van der Waals surface area contributed by atoms with Gasteiger partial charge in [-0.15, -0.1) is 6.58 Å². The average molecular weight is 451 g/mol. The monoisotopic (exact) mass is 450 g/mol. The highest BCUT2D eigenvalue weighted by Crippen LogP contribution is 2.31. The fourth-order valence-corrected chi connectivity index (χ4v) is 5.34. The van der Waals surface area contributed by atoms with Crippen molar-refractivity contribution in [2.45, 2.75) is 25.1 Å². The van der Waals surface area contributed by atoms with E-state index < -0.39 is 0 Å². The summed E-state index contributed by atoms with van der Waals surface area (Å²) in [4.78, 5) is 17.3. The highest BCUT2D eigenvalue weighted by Gasteiger charge is 2.13. The molecule has 0 bridgehead atoms. The molecule has 1 aromatic heterocycles. The summed E-state index contributed by atoms with van der Waals surface area (Å²) in [6.45, 7) is 4.30. The Bertz CT molecular complexity index is 1040. The molecule has 0 saturated carbocycles. The number of allylic oxidation sites excluding steroid dienone is 1. The molecular formula is C21H20Cl2N2OS2. The number of rotatable bonds is 8. The van der Waals surface area contributed by atoms with Crippen molar-refractivity contribution < 1.29 is 4.79 Å². The topological polar surface area (TPSA) is 34.4 Å². The van der Waals surface area contributed by atoms with Crippen LogP contribution in [0.1, 0.15) is 18.4 Å². The first kappa shape index (κ1) is 21.2. The molecule has 0 unspecified atom stereocenters. The summed E-state index contributed by atoms with van der Waals surface area (Å²) < 4.78 is 2.73. The van der Waals surface area contributed by atoms with Crippen LogP contribution in [0.2, 0.25) is 10.0 Å². The third-order valence-corrected chi connectivity index (χ3v) is 7.01. The fourth-order valence-electron chi connectivity index (χ4n) is 2.75. The second kappa shape index (κ2) is 10.3. The number of thiazole rings is 1. The van der Waals surface area contributed by atoms with Crippen LogP contribution in [-0.4, -0.2) is 16.2 Å². The van der Waals surface area contributed by atoms with Crippen molar-refractivity contribution in [3.63, 3.8) is 0 Å². The van der Waals surface area contributed by atoms with Crippen LogP contribution >= 0.6 is 46.3 Å². The van der Waals surface area contributed by atoms with E-state index in [4.69, 9.17) is 23.2 Å². The van der Waals surface area contributed by atoms with Crippen LogP contribution in [0.5, 0.6) is 0 Å². The Morgan fingerprint density at radius 1 is 1.18 bits per heavy atom. The summed E-state index contributed by atoms with van der Waals surface area (Å²) in [7, 11) is 0. The first-order valence-electron chi connectivity index (χ1n) is 8.87. The number of fused-ring (bicyclic) bond motifs is 1. The number of aromatic nitrogens is 1. The zero-order valence-corrected chi connectivity index (χ0v) is 18.4. The average Bonchev–Trinajstić information content (AvgIpc) is 3.05. The van der Waals surface area contributed by atoms with Gasteiger partial charge in [-0.2, -0.15) is 16.8 Å². The number of hydrogen-bond acceptors (Lipinski definition) is 3. The number of carbonyl (C=O) groups is 1. The van der Waals surface area contributed by atoms with Crippen LogP contribution in [0.4, 0.5) is 0 Å². The quantitative estimate of drug-likeness (QED) is 0.296. The van der Waals surface area contributed by atoms with E-state index >= 15 is 0 Å². The molecule has 3 aromatic rings. The van der Waals surface area contributed by atoms with E-state index in [2.05, 4.69) is 23.7 Å². The second-order valence-electron chi connectivity index (χ2n) is 6.14. The molecule has 1 heterocycles. The third kappa shape index (κ3) is 5.29. The molecule has 28 heavy (non-hydrogen) atoms. The standard InChI is InChI=1S/C21H20Cl2N2OS2/c1-2-12-25-19-16(22)10-11-17(23)20(19)28-21(25)24-18(26)9-6-13-27-14-15-7-4-3-5-8-15/h2-5,7-8,10-11H,1,6,9,12-14H2. The van der Waals surface area contributed by atoms with Crippen LogP contribution in [0.25, 0.3) is 10.2 Å². The van der Waals surface area contributed by atoms with Gasteiger partial charge in [-0.3, -0.25) is 4.79 Å². The summed E-state index contributed by atoms with van der Waals surface area (Å²) in [5.41, 5.74) is 2.09. The lowest BCUT2D eigenvalue weighted by molar-refractivity contribution is -0.118. The molecule has 0 N–H and O–H groups in total. The van der Waals surface area contributed by atoms with Crippen molar-refractivity contribution in [3.05, 3.63) is 75.5 Å². The Morgan fingerprint density at radius 3 is 2.68 bits per heavy atom. The van der Waals surface area contributed by atoms with Crippen LogP contribution < -0.4 is 4.80 Å². The number of carbonyl (C=O) groups excluding carboxylic acids is 1. The maximum Gasteiger partial charge on any atom is 0.248 e. The van der Waals surface area contributed by atoms with Crippen LogP contribution in [0, 0.1) is 0 Å². The molecule has 0 aliphatic heterocycles. The van der Waals surface area contributed by atoms with Crippen molar-refractivity contribution in [2.24, 2.45) is 4.99 Å². The Hall–Kier alpha value is -1.53. The molecule has 0 atom stereocenters. The van der Waals surface area contributed by atoms with Crippen molar-refractivity contribution >= 4 is 62.4 Å². The third-order valence-electron chi connectivity index (χ3n) is 4.05. The molecule has 0 spiro atoms. The van der Waals surface area contributed by atoms with Crippen molar-refractivity contribution in [1.82, 2.24) is 4.57 Å². The Morgan fingerprint density at radius 2 is 1.93 bits per heavy atom. The van der Waals surface area contributed by atoms with Crippen molar-refractivity contribution in [1.29, 1.82) is 0 Å². The molecule has 0 fully saturated rings. The van der Waals surface area contributed by atoms with E-state index in [1.807, 2.05) is 34.5 Å². The highest BCUT2D eigenvalue weighted by molar-refractivity contribution is 7.98. The Kier molecular flexibility index (Phi) is 7.80. The summed E-state index contributed by atoms with van der Waals surface area (Å²) in [6.07, 6.45) is 2.98. The molecule has 0 aliphatic carbocycles. The second-order valence-corrected chi connectivity index (χ2v) is 9.04. The molecule has 3 nitrogen and oxygen atoms in total. The van der Waals surface area contributed by atoms with Gasteiger partial charge in [0.25, 0.3) is 0 Å². The maximum absolute atomic E-state index is 12.4. The molecule has 3 rings (SSSR count). The van der Waals surface area contributed by atoms with E-state index in [-0.39, 0.29) is 5.91 Å². The van der Waals surface area contributed by atoms with E-state index in [0.717, 1.165) is 28.1 Å². The lowest BCUT2D eigenvalue weighted by Gasteiger charge is -2.03. The van der Waals surface area contributed by atoms with Crippen LogP contribution in [-0.2, 0) is 17.1 Å². The smallest absolute Gasteiger partial charge is 0.248 e. The molecule has 0 aliphatic rings. The van der Waals surface area contributed by atoms with Gasteiger partial charge in [-0.25, -0.2) is 0 Å². The number of amides is 1. The lowest BCUT2D eigenvalue weighted by Crippen LogP contribution is -2.16. The molecule has 7 heteroatoms. The van der Waals surface area contributed by atoms with E-state index in [1.54, 1.807) is 18.2 Å². The minimum absolute atomic E-state index is 0.128. The van der Waals surface area contributed by atoms with Crippen LogP contribution in [0.3, 0.4) is 0 Å². The van der Waals surface area contributed by atoms with Gasteiger partial charge < -0.3 is 4.57 Å². The van der Waals surface area contributed by atoms with Crippen molar-refractivity contribution in [3.8, 4) is 0 Å².